The van der Waals surface area contributed by atoms with Crippen LogP contribution in [0.25, 0.3) is 0 Å². The molecule has 98 valence electrons. The van der Waals surface area contributed by atoms with Crippen molar-refractivity contribution in [1.29, 1.82) is 0 Å². The lowest BCUT2D eigenvalue weighted by Gasteiger charge is -2.20. The van der Waals surface area contributed by atoms with Crippen LogP contribution in [0.15, 0.2) is 18.2 Å². The molecule has 0 aliphatic carbocycles. The first-order valence-corrected chi connectivity index (χ1v) is 6.32. The molecular formula is C14H20N2O2. The van der Waals surface area contributed by atoms with E-state index in [9.17, 15) is 4.79 Å². The van der Waals surface area contributed by atoms with Crippen molar-refractivity contribution in [3.05, 3.63) is 29.3 Å². The van der Waals surface area contributed by atoms with Gasteiger partial charge in [-0.2, -0.15) is 0 Å². The third-order valence-corrected chi connectivity index (χ3v) is 3.26. The van der Waals surface area contributed by atoms with Crippen LogP contribution in [0.2, 0.25) is 0 Å². The predicted molar refractivity (Wildman–Crippen MR) is 70.6 cm³/mol. The third-order valence-electron chi connectivity index (χ3n) is 3.26. The molecule has 1 heterocycles. The number of nitrogens with zero attached hydrogens (tertiary/aromatic N) is 1. The zero-order chi connectivity index (χ0) is 13.0. The molecule has 18 heavy (non-hydrogen) atoms. The molecule has 1 N–H and O–H groups in total. The van der Waals surface area contributed by atoms with Gasteiger partial charge in [-0.3, -0.25) is 4.79 Å². The first kappa shape index (κ1) is 12.9. The number of hydrogen-bond acceptors (Lipinski definition) is 3. The number of ether oxygens (including phenoxy) is 1. The maximum atomic E-state index is 11.9. The summed E-state index contributed by atoms with van der Waals surface area (Å²) in [6, 6.07) is 6.08. The number of nitrogens with one attached hydrogen (secondary N) is 1. The summed E-state index contributed by atoms with van der Waals surface area (Å²) in [7, 11) is 1.67. The predicted octanol–water partition coefficient (Wildman–Crippen LogP) is 1.33. The van der Waals surface area contributed by atoms with Crippen LogP contribution in [0, 0.1) is 6.92 Å². The Hall–Kier alpha value is -1.55. The second kappa shape index (κ2) is 5.87. The van der Waals surface area contributed by atoms with Crippen LogP contribution >= 0.6 is 0 Å². The highest BCUT2D eigenvalue weighted by molar-refractivity contribution is 5.76. The van der Waals surface area contributed by atoms with Crippen LogP contribution in [-0.2, 0) is 11.3 Å². The Bertz CT molecular complexity index is 432. The standard InChI is InChI=1S/C14H20N2O2/c1-11-9-12(3-4-13(11)18-2)10-16-8-7-15-6-5-14(16)17/h3-4,9,15H,5-8,10H2,1-2H3. The molecule has 1 aromatic rings. The number of carbonyl (C=O) groups is 1. The van der Waals surface area contributed by atoms with Crippen molar-refractivity contribution in [1.82, 2.24) is 10.2 Å². The number of carbonyl (C=O) groups excluding carboxylic acids is 1. The van der Waals surface area contributed by atoms with E-state index in [0.717, 1.165) is 36.5 Å². The summed E-state index contributed by atoms with van der Waals surface area (Å²) in [6.45, 7) is 5.15. The van der Waals surface area contributed by atoms with E-state index in [0.29, 0.717) is 13.0 Å². The summed E-state index contributed by atoms with van der Waals surface area (Å²) in [4.78, 5) is 13.8. The molecule has 1 amide bonds. The highest BCUT2D eigenvalue weighted by Crippen LogP contribution is 2.19. The van der Waals surface area contributed by atoms with E-state index in [4.69, 9.17) is 4.74 Å². The van der Waals surface area contributed by atoms with Gasteiger partial charge in [-0.1, -0.05) is 12.1 Å². The molecule has 1 aliphatic heterocycles. The monoisotopic (exact) mass is 248 g/mol. The van der Waals surface area contributed by atoms with E-state index in [1.54, 1.807) is 7.11 Å². The van der Waals surface area contributed by atoms with Gasteiger partial charge in [0.25, 0.3) is 0 Å². The highest BCUT2D eigenvalue weighted by atomic mass is 16.5. The maximum absolute atomic E-state index is 11.9. The summed E-state index contributed by atoms with van der Waals surface area (Å²) in [6.07, 6.45) is 0.592. The quantitative estimate of drug-likeness (QED) is 0.877. The Kier molecular flexibility index (Phi) is 4.20. The van der Waals surface area contributed by atoms with Crippen molar-refractivity contribution in [2.24, 2.45) is 0 Å². The van der Waals surface area contributed by atoms with E-state index in [-0.39, 0.29) is 5.91 Å². The summed E-state index contributed by atoms with van der Waals surface area (Å²) < 4.78 is 5.24. The molecule has 0 radical (unpaired) electrons. The second-order valence-corrected chi connectivity index (χ2v) is 4.62. The second-order valence-electron chi connectivity index (χ2n) is 4.62. The van der Waals surface area contributed by atoms with Crippen molar-refractivity contribution in [2.45, 2.75) is 19.9 Å². The van der Waals surface area contributed by atoms with Gasteiger partial charge >= 0.3 is 0 Å². The summed E-state index contributed by atoms with van der Waals surface area (Å²) in [5.41, 5.74) is 2.26. The van der Waals surface area contributed by atoms with Gasteiger partial charge in [-0.25, -0.2) is 0 Å². The van der Waals surface area contributed by atoms with Crippen LogP contribution in [0.3, 0.4) is 0 Å². The SMILES string of the molecule is COc1ccc(CN2CCNCCC2=O)cc1C. The van der Waals surface area contributed by atoms with Gasteiger partial charge in [0, 0.05) is 32.6 Å². The molecule has 0 atom stereocenters. The van der Waals surface area contributed by atoms with Crippen LogP contribution in [0.5, 0.6) is 5.75 Å². The van der Waals surface area contributed by atoms with Crippen molar-refractivity contribution < 1.29 is 9.53 Å². The van der Waals surface area contributed by atoms with E-state index in [2.05, 4.69) is 11.4 Å². The first-order chi connectivity index (χ1) is 8.70. The topological polar surface area (TPSA) is 41.6 Å². The third kappa shape index (κ3) is 3.01. The minimum absolute atomic E-state index is 0.230. The number of aryl methyl sites for hydroxylation is 1. The van der Waals surface area contributed by atoms with Gasteiger partial charge in [-0.05, 0) is 24.1 Å². The number of methoxy groups -OCH3 is 1. The van der Waals surface area contributed by atoms with E-state index in [1.807, 2.05) is 24.0 Å². The van der Waals surface area contributed by atoms with Gasteiger partial charge in [0.05, 0.1) is 7.11 Å². The Morgan fingerprint density at radius 3 is 2.94 bits per heavy atom. The fourth-order valence-electron chi connectivity index (χ4n) is 2.24. The molecule has 0 bridgehead atoms. The Balaban J connectivity index is 2.08. The van der Waals surface area contributed by atoms with Crippen LogP contribution in [0.4, 0.5) is 0 Å². The molecule has 4 nitrogen and oxygen atoms in total. The summed E-state index contributed by atoms with van der Waals surface area (Å²) in [5, 5.41) is 3.24. The fraction of sp³-hybridized carbons (Fsp3) is 0.500. The summed E-state index contributed by atoms with van der Waals surface area (Å²) in [5.74, 6) is 1.12. The molecule has 1 fully saturated rings. The number of benzene rings is 1. The van der Waals surface area contributed by atoms with Crippen LogP contribution in [-0.4, -0.2) is 37.6 Å². The van der Waals surface area contributed by atoms with Gasteiger partial charge in [0.2, 0.25) is 5.91 Å². The van der Waals surface area contributed by atoms with Gasteiger partial charge in [0.15, 0.2) is 0 Å². The van der Waals surface area contributed by atoms with Crippen LogP contribution in [0.1, 0.15) is 17.5 Å². The average molecular weight is 248 g/mol. The van der Waals surface area contributed by atoms with Gasteiger partial charge < -0.3 is 15.0 Å². The van der Waals surface area contributed by atoms with Crippen molar-refractivity contribution in [2.75, 3.05) is 26.7 Å². The number of amides is 1. The lowest BCUT2D eigenvalue weighted by Crippen LogP contribution is -2.31. The number of rotatable bonds is 3. The molecule has 1 saturated heterocycles. The fourth-order valence-corrected chi connectivity index (χ4v) is 2.24. The molecule has 0 saturated carbocycles. The molecule has 4 heteroatoms. The molecule has 2 rings (SSSR count). The van der Waals surface area contributed by atoms with Crippen LogP contribution < -0.4 is 10.1 Å². The molecule has 0 unspecified atom stereocenters. The molecule has 0 aromatic heterocycles. The zero-order valence-electron chi connectivity index (χ0n) is 11.0. The van der Waals surface area contributed by atoms with E-state index < -0.39 is 0 Å². The molecule has 1 aliphatic rings. The highest BCUT2D eigenvalue weighted by Gasteiger charge is 2.16. The molecule has 1 aromatic carbocycles. The van der Waals surface area contributed by atoms with Gasteiger partial charge in [-0.15, -0.1) is 0 Å². The lowest BCUT2D eigenvalue weighted by atomic mass is 10.1. The normalized spacial score (nSPS) is 16.6. The van der Waals surface area contributed by atoms with Crippen molar-refractivity contribution in [3.63, 3.8) is 0 Å². The average Bonchev–Trinajstić information content (AvgIpc) is 2.55. The first-order valence-electron chi connectivity index (χ1n) is 6.32. The molecule has 0 spiro atoms. The Labute approximate surface area is 108 Å². The minimum Gasteiger partial charge on any atom is -0.496 e. The maximum Gasteiger partial charge on any atom is 0.224 e. The largest absolute Gasteiger partial charge is 0.496 e. The zero-order valence-corrected chi connectivity index (χ0v) is 11.0. The van der Waals surface area contributed by atoms with Crippen molar-refractivity contribution >= 4 is 5.91 Å². The van der Waals surface area contributed by atoms with E-state index >= 15 is 0 Å². The number of hydrogen-bond donors (Lipinski definition) is 1. The molecular weight excluding hydrogens is 228 g/mol. The van der Waals surface area contributed by atoms with Gasteiger partial charge in [0.1, 0.15) is 5.75 Å². The Morgan fingerprint density at radius 2 is 2.22 bits per heavy atom. The minimum atomic E-state index is 0.230. The van der Waals surface area contributed by atoms with E-state index in [1.165, 1.54) is 0 Å². The lowest BCUT2D eigenvalue weighted by molar-refractivity contribution is -0.130. The smallest absolute Gasteiger partial charge is 0.224 e. The van der Waals surface area contributed by atoms with Crippen molar-refractivity contribution in [3.8, 4) is 5.75 Å². The summed E-state index contributed by atoms with van der Waals surface area (Å²) >= 11 is 0. The Morgan fingerprint density at radius 1 is 1.39 bits per heavy atom.